The van der Waals surface area contributed by atoms with Crippen molar-refractivity contribution >= 4 is 0 Å². The van der Waals surface area contributed by atoms with Crippen molar-refractivity contribution in [3.05, 3.63) is 53.1 Å². The summed E-state index contributed by atoms with van der Waals surface area (Å²) in [5.74, 6) is 2.34. The fourth-order valence-corrected chi connectivity index (χ4v) is 3.52. The highest BCUT2D eigenvalue weighted by molar-refractivity contribution is 5.32. The van der Waals surface area contributed by atoms with E-state index in [1.54, 1.807) is 7.11 Å². The van der Waals surface area contributed by atoms with Crippen molar-refractivity contribution in [2.24, 2.45) is 5.92 Å². The zero-order valence-corrected chi connectivity index (χ0v) is 18.0. The molecule has 28 heavy (non-hydrogen) atoms. The van der Waals surface area contributed by atoms with Crippen molar-refractivity contribution in [3.8, 4) is 5.75 Å². The van der Waals surface area contributed by atoms with Crippen molar-refractivity contribution in [3.63, 3.8) is 0 Å². The second-order valence-corrected chi connectivity index (χ2v) is 7.56. The molecule has 0 unspecified atom stereocenters. The van der Waals surface area contributed by atoms with E-state index in [0.717, 1.165) is 34.9 Å². The highest BCUT2D eigenvalue weighted by Crippen LogP contribution is 2.25. The first-order valence-electron chi connectivity index (χ1n) is 10.7. The molecule has 0 spiro atoms. The fraction of sp³-hybridized carbons (Fsp3) is 0.583. The van der Waals surface area contributed by atoms with Gasteiger partial charge in [0.05, 0.1) is 12.3 Å². The molecule has 0 saturated heterocycles. The molecule has 2 aromatic rings. The van der Waals surface area contributed by atoms with Gasteiger partial charge in [0.1, 0.15) is 18.1 Å². The van der Waals surface area contributed by atoms with Crippen LogP contribution < -0.4 is 4.74 Å². The topological polar surface area (TPSA) is 44.2 Å². The molecule has 0 aliphatic carbocycles. The highest BCUT2D eigenvalue weighted by Gasteiger charge is 2.17. The normalized spacial score (nSPS) is 11.2. The number of hydrogen-bond donors (Lipinski definition) is 0. The van der Waals surface area contributed by atoms with Crippen LogP contribution in [0.15, 0.2) is 30.3 Å². The maximum atomic E-state index is 6.09. The van der Waals surface area contributed by atoms with Gasteiger partial charge in [0, 0.05) is 13.5 Å². The maximum absolute atomic E-state index is 6.09. The molecule has 1 aromatic carbocycles. The standard InChI is InChI=1S/C24H36N2O2/c1-5-7-12-20(13-8-6-2)16-23-25-19(3)24(22(26-23)18-27-4)28-17-21-14-10-9-11-15-21/h9-11,14-15,20H,5-8,12-13,16-18H2,1-4H3. The van der Waals surface area contributed by atoms with Crippen LogP contribution in [0.2, 0.25) is 0 Å². The quantitative estimate of drug-likeness (QED) is 0.422. The number of ether oxygens (including phenoxy) is 2. The van der Waals surface area contributed by atoms with Crippen molar-refractivity contribution in [2.75, 3.05) is 7.11 Å². The van der Waals surface area contributed by atoms with E-state index < -0.39 is 0 Å². The molecule has 0 saturated carbocycles. The summed E-state index contributed by atoms with van der Waals surface area (Å²) in [5, 5.41) is 0. The number of unbranched alkanes of at least 4 members (excludes halogenated alkanes) is 2. The van der Waals surface area contributed by atoms with Gasteiger partial charge in [-0.2, -0.15) is 0 Å². The number of benzene rings is 1. The fourth-order valence-electron chi connectivity index (χ4n) is 3.52. The lowest BCUT2D eigenvalue weighted by atomic mass is 9.92. The van der Waals surface area contributed by atoms with Crippen LogP contribution in [0, 0.1) is 12.8 Å². The molecule has 0 N–H and O–H groups in total. The Bertz CT molecular complexity index is 681. The largest absolute Gasteiger partial charge is 0.485 e. The summed E-state index contributed by atoms with van der Waals surface area (Å²) in [6.45, 7) is 7.48. The Kier molecular flexibility index (Phi) is 9.98. The average Bonchev–Trinajstić information content (AvgIpc) is 2.70. The number of aromatic nitrogens is 2. The summed E-state index contributed by atoms with van der Waals surface area (Å²) in [6, 6.07) is 10.2. The predicted octanol–water partition coefficient (Wildman–Crippen LogP) is 6.05. The molecule has 0 atom stereocenters. The maximum Gasteiger partial charge on any atom is 0.164 e. The molecular weight excluding hydrogens is 348 g/mol. The van der Waals surface area contributed by atoms with Crippen molar-refractivity contribution < 1.29 is 9.47 Å². The smallest absolute Gasteiger partial charge is 0.164 e. The first kappa shape index (κ1) is 22.4. The van der Waals surface area contributed by atoms with Crippen LogP contribution in [0.4, 0.5) is 0 Å². The molecule has 1 aromatic heterocycles. The minimum atomic E-state index is 0.440. The predicted molar refractivity (Wildman–Crippen MR) is 115 cm³/mol. The van der Waals surface area contributed by atoms with Gasteiger partial charge >= 0.3 is 0 Å². The summed E-state index contributed by atoms with van der Waals surface area (Å²) < 4.78 is 11.5. The summed E-state index contributed by atoms with van der Waals surface area (Å²) in [7, 11) is 1.70. The first-order chi connectivity index (χ1) is 13.7. The van der Waals surface area contributed by atoms with Crippen LogP contribution in [-0.4, -0.2) is 17.1 Å². The van der Waals surface area contributed by atoms with Gasteiger partial charge in [-0.3, -0.25) is 0 Å². The van der Waals surface area contributed by atoms with Crippen LogP contribution in [-0.2, 0) is 24.4 Å². The van der Waals surface area contributed by atoms with Crippen LogP contribution in [0.1, 0.15) is 75.1 Å². The number of aryl methyl sites for hydroxylation is 1. The van der Waals surface area contributed by atoms with Gasteiger partial charge in [0.2, 0.25) is 0 Å². The summed E-state index contributed by atoms with van der Waals surface area (Å²) in [4.78, 5) is 9.62. The molecule has 0 bridgehead atoms. The Hall–Kier alpha value is -1.94. The molecule has 0 aliphatic rings. The van der Waals surface area contributed by atoms with E-state index in [9.17, 15) is 0 Å². The number of rotatable bonds is 13. The molecule has 0 fully saturated rings. The van der Waals surface area contributed by atoms with Gasteiger partial charge in [-0.15, -0.1) is 0 Å². The van der Waals surface area contributed by atoms with Gasteiger partial charge in [0.25, 0.3) is 0 Å². The number of nitrogens with zero attached hydrogens (tertiary/aromatic N) is 2. The minimum absolute atomic E-state index is 0.440. The Morgan fingerprint density at radius 3 is 2.21 bits per heavy atom. The second kappa shape index (κ2) is 12.5. The van der Waals surface area contributed by atoms with E-state index in [4.69, 9.17) is 19.4 Å². The SMILES string of the molecule is CCCCC(CCCC)Cc1nc(C)c(OCc2ccccc2)c(COC)n1. The third-order valence-electron chi connectivity index (χ3n) is 5.06. The van der Waals surface area contributed by atoms with E-state index in [1.165, 1.54) is 38.5 Å². The zero-order chi connectivity index (χ0) is 20.2. The molecule has 0 aliphatic heterocycles. The highest BCUT2D eigenvalue weighted by atomic mass is 16.5. The number of methoxy groups -OCH3 is 1. The third-order valence-corrected chi connectivity index (χ3v) is 5.06. The third kappa shape index (κ3) is 7.23. The Labute approximate surface area is 170 Å². The molecule has 0 radical (unpaired) electrons. The van der Waals surface area contributed by atoms with Gasteiger partial charge < -0.3 is 9.47 Å². The summed E-state index contributed by atoms with van der Waals surface area (Å²) >= 11 is 0. The average molecular weight is 385 g/mol. The van der Waals surface area contributed by atoms with E-state index in [0.29, 0.717) is 19.1 Å². The number of hydrogen-bond acceptors (Lipinski definition) is 4. The Balaban J connectivity index is 2.15. The lowest BCUT2D eigenvalue weighted by molar-refractivity contribution is 0.174. The molecule has 2 rings (SSSR count). The zero-order valence-electron chi connectivity index (χ0n) is 18.0. The van der Waals surface area contributed by atoms with E-state index in [-0.39, 0.29) is 0 Å². The van der Waals surface area contributed by atoms with Gasteiger partial charge in [-0.1, -0.05) is 82.7 Å². The van der Waals surface area contributed by atoms with Crippen LogP contribution in [0.5, 0.6) is 5.75 Å². The Morgan fingerprint density at radius 1 is 0.929 bits per heavy atom. The minimum Gasteiger partial charge on any atom is -0.485 e. The van der Waals surface area contributed by atoms with Crippen LogP contribution in [0.25, 0.3) is 0 Å². The lowest BCUT2D eigenvalue weighted by Gasteiger charge is -2.18. The molecular formula is C24H36N2O2. The van der Waals surface area contributed by atoms with Gasteiger partial charge in [-0.05, 0) is 18.4 Å². The monoisotopic (exact) mass is 384 g/mol. The van der Waals surface area contributed by atoms with E-state index in [1.807, 2.05) is 25.1 Å². The van der Waals surface area contributed by atoms with Crippen LogP contribution in [0.3, 0.4) is 0 Å². The van der Waals surface area contributed by atoms with Crippen molar-refractivity contribution in [1.82, 2.24) is 9.97 Å². The molecule has 154 valence electrons. The van der Waals surface area contributed by atoms with Crippen LogP contribution >= 0.6 is 0 Å². The molecule has 1 heterocycles. The van der Waals surface area contributed by atoms with E-state index >= 15 is 0 Å². The second-order valence-electron chi connectivity index (χ2n) is 7.56. The first-order valence-corrected chi connectivity index (χ1v) is 10.7. The molecule has 4 heteroatoms. The van der Waals surface area contributed by atoms with Gasteiger partial charge in [-0.25, -0.2) is 9.97 Å². The molecule has 0 amide bonds. The van der Waals surface area contributed by atoms with Crippen molar-refractivity contribution in [1.29, 1.82) is 0 Å². The molecule has 4 nitrogen and oxygen atoms in total. The van der Waals surface area contributed by atoms with Crippen molar-refractivity contribution in [2.45, 2.75) is 78.9 Å². The summed E-state index contributed by atoms with van der Waals surface area (Å²) in [6.07, 6.45) is 8.48. The lowest BCUT2D eigenvalue weighted by Crippen LogP contribution is -2.12. The van der Waals surface area contributed by atoms with E-state index in [2.05, 4.69) is 26.0 Å². The van der Waals surface area contributed by atoms with Gasteiger partial charge in [0.15, 0.2) is 5.75 Å². The Morgan fingerprint density at radius 2 is 1.61 bits per heavy atom. The summed E-state index contributed by atoms with van der Waals surface area (Å²) in [5.41, 5.74) is 2.89.